The van der Waals surface area contributed by atoms with Crippen molar-refractivity contribution >= 4 is 7.69 Å². The molecule has 0 bridgehead atoms. The van der Waals surface area contributed by atoms with E-state index in [-0.39, 0.29) is 5.75 Å². The molecule has 0 fully saturated rings. The molecule has 69 valence electrons. The van der Waals surface area contributed by atoms with E-state index in [1.54, 1.807) is 0 Å². The lowest BCUT2D eigenvalue weighted by Gasteiger charge is -2.08. The van der Waals surface area contributed by atoms with Gasteiger partial charge in [-0.15, -0.1) is 0 Å². The fourth-order valence-corrected chi connectivity index (χ4v) is 1.03. The summed E-state index contributed by atoms with van der Waals surface area (Å²) in [7, 11) is 0.477. The van der Waals surface area contributed by atoms with Crippen LogP contribution in [0.25, 0.3) is 0 Å². The second kappa shape index (κ2) is 4.14. The topological polar surface area (TPSA) is 49.7 Å². The molecule has 0 aromatic heterocycles. The third-order valence-corrected chi connectivity index (χ3v) is 1.69. The quantitative estimate of drug-likeness (QED) is 0.687. The summed E-state index contributed by atoms with van der Waals surface area (Å²) < 4.78 is 17.4. The molecule has 0 aliphatic carbocycles. The van der Waals surface area contributed by atoms with Gasteiger partial charge in [-0.05, 0) is 18.1 Å². The van der Waals surface area contributed by atoms with Gasteiger partial charge >= 0.3 is 7.69 Å². The van der Waals surface area contributed by atoms with Crippen molar-refractivity contribution in [2.45, 2.75) is 13.3 Å². The Hall–Kier alpha value is -1.23. The number of aryl methyl sites for hydroxylation is 1. The summed E-state index contributed by atoms with van der Waals surface area (Å²) in [6.07, 6.45) is 0.580. The average molecular weight is 183 g/mol. The van der Waals surface area contributed by atoms with Gasteiger partial charge < -0.3 is 14.8 Å². The van der Waals surface area contributed by atoms with E-state index in [0.717, 1.165) is 6.07 Å². The summed E-state index contributed by atoms with van der Waals surface area (Å²) in [5.74, 6) is -0.975. The maximum Gasteiger partial charge on any atom is 0.569 e. The molecule has 13 heavy (non-hydrogen) atoms. The van der Waals surface area contributed by atoms with Crippen molar-refractivity contribution in [3.05, 3.63) is 23.5 Å². The highest BCUT2D eigenvalue weighted by molar-refractivity contribution is 6.17. The Morgan fingerprint density at radius 1 is 1.54 bits per heavy atom. The number of hydrogen-bond acceptors (Lipinski definition) is 3. The maximum atomic E-state index is 12.8. The van der Waals surface area contributed by atoms with Crippen molar-refractivity contribution in [2.75, 3.05) is 0 Å². The zero-order valence-corrected chi connectivity index (χ0v) is 7.12. The maximum absolute atomic E-state index is 12.8. The number of benzene rings is 1. The van der Waals surface area contributed by atoms with E-state index in [4.69, 9.17) is 10.1 Å². The molecule has 1 aromatic carbocycles. The molecule has 1 radical (unpaired) electrons. The number of phenolic OH excluding ortho intramolecular Hbond substituents is 1. The van der Waals surface area contributed by atoms with Crippen LogP contribution in [-0.4, -0.2) is 17.8 Å². The number of hydrogen-bond donors (Lipinski definition) is 2. The molecule has 0 atom stereocenters. The number of aromatic hydroxyl groups is 1. The molecule has 2 N–H and O–H groups in total. The fraction of sp³-hybridized carbons (Fsp3) is 0.250. The summed E-state index contributed by atoms with van der Waals surface area (Å²) in [4.78, 5) is 0. The van der Waals surface area contributed by atoms with Gasteiger partial charge in [-0.3, -0.25) is 0 Å². The van der Waals surface area contributed by atoms with Crippen LogP contribution in [0.2, 0.25) is 0 Å². The Bertz CT molecular complexity index is 304. The molecular weight excluding hydrogens is 174 g/mol. The highest BCUT2D eigenvalue weighted by Gasteiger charge is 2.08. The Labute approximate surface area is 76.1 Å². The van der Waals surface area contributed by atoms with Gasteiger partial charge in [-0.1, -0.05) is 6.92 Å². The molecule has 1 aromatic rings. The molecule has 0 amide bonds. The van der Waals surface area contributed by atoms with Crippen LogP contribution in [-0.2, 0) is 6.42 Å². The number of rotatable bonds is 3. The first-order valence-electron chi connectivity index (χ1n) is 3.83. The SMILES string of the molecule is CCc1cc(O)c(F)cc1O[B]O. The van der Waals surface area contributed by atoms with Crippen molar-refractivity contribution in [2.24, 2.45) is 0 Å². The van der Waals surface area contributed by atoms with E-state index >= 15 is 0 Å². The molecule has 5 heteroatoms. The Morgan fingerprint density at radius 2 is 2.23 bits per heavy atom. The van der Waals surface area contributed by atoms with Crippen molar-refractivity contribution < 1.29 is 19.2 Å². The van der Waals surface area contributed by atoms with Crippen molar-refractivity contribution in [3.8, 4) is 11.5 Å². The molecule has 0 aliphatic rings. The summed E-state index contributed by atoms with van der Waals surface area (Å²) >= 11 is 0. The van der Waals surface area contributed by atoms with Gasteiger partial charge in [-0.2, -0.15) is 0 Å². The van der Waals surface area contributed by atoms with Crippen LogP contribution in [0.15, 0.2) is 12.1 Å². The molecule has 0 saturated heterocycles. The monoisotopic (exact) mass is 183 g/mol. The third kappa shape index (κ3) is 2.12. The highest BCUT2D eigenvalue weighted by Crippen LogP contribution is 2.26. The molecular formula is C8H9BFO3. The van der Waals surface area contributed by atoms with Gasteiger partial charge in [-0.25, -0.2) is 4.39 Å². The van der Waals surface area contributed by atoms with Gasteiger partial charge in [0.15, 0.2) is 11.6 Å². The lowest BCUT2D eigenvalue weighted by atomic mass is 10.1. The second-order valence-electron chi connectivity index (χ2n) is 2.49. The first-order valence-corrected chi connectivity index (χ1v) is 3.83. The van der Waals surface area contributed by atoms with E-state index < -0.39 is 11.6 Å². The van der Waals surface area contributed by atoms with E-state index in [1.807, 2.05) is 6.92 Å². The van der Waals surface area contributed by atoms with Crippen LogP contribution in [0.3, 0.4) is 0 Å². The standard InChI is InChI=1S/C8H9BFO3/c1-2-5-3-7(11)6(10)4-8(5)13-9-12/h3-4,11-12H,2H2,1H3. The number of phenols is 1. The lowest BCUT2D eigenvalue weighted by Crippen LogP contribution is -2.02. The summed E-state index contributed by atoms with van der Waals surface area (Å²) in [6.45, 7) is 1.83. The van der Waals surface area contributed by atoms with Crippen LogP contribution in [0.1, 0.15) is 12.5 Å². The van der Waals surface area contributed by atoms with Crippen LogP contribution >= 0.6 is 0 Å². The first-order chi connectivity index (χ1) is 6.19. The van der Waals surface area contributed by atoms with E-state index in [2.05, 4.69) is 4.65 Å². The molecule has 3 nitrogen and oxygen atoms in total. The molecule has 1 rings (SSSR count). The predicted molar refractivity (Wildman–Crippen MR) is 46.0 cm³/mol. The van der Waals surface area contributed by atoms with Crippen LogP contribution < -0.4 is 4.65 Å². The minimum absolute atomic E-state index is 0.209. The van der Waals surface area contributed by atoms with Crippen LogP contribution in [0.4, 0.5) is 4.39 Å². The predicted octanol–water partition coefficient (Wildman–Crippen LogP) is 0.999. The van der Waals surface area contributed by atoms with Gasteiger partial charge in [0.1, 0.15) is 5.75 Å². The van der Waals surface area contributed by atoms with Crippen molar-refractivity contribution in [1.29, 1.82) is 0 Å². The second-order valence-corrected chi connectivity index (χ2v) is 2.49. The summed E-state index contributed by atoms with van der Waals surface area (Å²) in [5, 5.41) is 17.4. The van der Waals surface area contributed by atoms with Crippen molar-refractivity contribution in [1.82, 2.24) is 0 Å². The van der Waals surface area contributed by atoms with Crippen LogP contribution in [0, 0.1) is 5.82 Å². The molecule has 0 heterocycles. The van der Waals surface area contributed by atoms with Gasteiger partial charge in [0.25, 0.3) is 0 Å². The Kier molecular flexibility index (Phi) is 3.14. The zero-order chi connectivity index (χ0) is 9.84. The Balaban J connectivity index is 3.09. The van der Waals surface area contributed by atoms with Gasteiger partial charge in [0, 0.05) is 6.07 Å². The van der Waals surface area contributed by atoms with E-state index in [9.17, 15) is 4.39 Å². The molecule has 0 aliphatic heterocycles. The normalized spacial score (nSPS) is 9.77. The Morgan fingerprint density at radius 3 is 2.77 bits per heavy atom. The summed E-state index contributed by atoms with van der Waals surface area (Å²) in [5.41, 5.74) is 0.629. The lowest BCUT2D eigenvalue weighted by molar-refractivity contribution is 0.420. The molecule has 0 saturated carbocycles. The number of halogens is 1. The third-order valence-electron chi connectivity index (χ3n) is 1.69. The van der Waals surface area contributed by atoms with Crippen LogP contribution in [0.5, 0.6) is 11.5 Å². The van der Waals surface area contributed by atoms with Gasteiger partial charge in [0.05, 0.1) is 0 Å². The zero-order valence-electron chi connectivity index (χ0n) is 7.12. The molecule has 0 unspecified atom stereocenters. The van der Waals surface area contributed by atoms with Crippen molar-refractivity contribution in [3.63, 3.8) is 0 Å². The highest BCUT2D eigenvalue weighted by atomic mass is 19.1. The first kappa shape index (κ1) is 9.86. The van der Waals surface area contributed by atoms with E-state index in [1.165, 1.54) is 6.07 Å². The fourth-order valence-electron chi connectivity index (χ4n) is 1.03. The van der Waals surface area contributed by atoms with E-state index in [0.29, 0.717) is 19.7 Å². The average Bonchev–Trinajstić information content (AvgIpc) is 2.11. The minimum atomic E-state index is -0.769. The smallest absolute Gasteiger partial charge is 0.537 e. The summed E-state index contributed by atoms with van der Waals surface area (Å²) in [6, 6.07) is 2.30. The largest absolute Gasteiger partial charge is 0.569 e. The molecule has 0 spiro atoms. The minimum Gasteiger partial charge on any atom is -0.537 e. The van der Waals surface area contributed by atoms with Gasteiger partial charge in [0.2, 0.25) is 0 Å².